The molecule has 117 heavy (non-hydrogen) atoms. The number of fused-ring (bicyclic) bond motifs is 4. The van der Waals surface area contributed by atoms with Crippen LogP contribution >= 0.6 is 118 Å². The second-order valence-corrected chi connectivity index (χ2v) is 30.7. The van der Waals surface area contributed by atoms with Crippen LogP contribution in [0.1, 0.15) is 98.0 Å². The first-order chi connectivity index (χ1) is 54.6. The molecule has 12 aromatic heterocycles. The lowest BCUT2D eigenvalue weighted by Crippen LogP contribution is -2.16. The van der Waals surface area contributed by atoms with Gasteiger partial charge in [-0.1, -0.05) is 54.9 Å². The van der Waals surface area contributed by atoms with Crippen LogP contribution in [-0.2, 0) is 55.6 Å². The molecule has 6 atom stereocenters. The Kier molecular flexibility index (Phi) is 44.6. The molecule has 12 heterocycles. The molecule has 63 heteroatoms. The summed E-state index contributed by atoms with van der Waals surface area (Å²) in [7, 11) is 13.7. The minimum absolute atomic E-state index is 0. The molecule has 626 valence electrons. The average molecular weight is 1860 g/mol. The van der Waals surface area contributed by atoms with Crippen LogP contribution in [0.15, 0.2) is 77.4 Å². The van der Waals surface area contributed by atoms with Crippen molar-refractivity contribution in [3.8, 4) is 0 Å². The topological polar surface area (TPSA) is 737 Å². The molecule has 0 saturated carbocycles. The molecule has 0 aliphatic rings. The van der Waals surface area contributed by atoms with Crippen molar-refractivity contribution in [1.82, 2.24) is 97.6 Å². The number of nitrogens with zero attached hydrogens (tertiary/aromatic N) is 19. The minimum Gasteiger partial charge on any atom is -0.462 e. The summed E-state index contributed by atoms with van der Waals surface area (Å²) in [6, 6.07) is 5.33. The van der Waals surface area contributed by atoms with Gasteiger partial charge >= 0.3 is 46.9 Å². The second-order valence-electron chi connectivity index (χ2n) is 20.0. The van der Waals surface area contributed by atoms with Crippen molar-refractivity contribution in [3.05, 3.63) is 168 Å². The Morgan fingerprint density at radius 1 is 0.564 bits per heavy atom. The molecule has 0 aliphatic carbocycles. The van der Waals surface area contributed by atoms with Crippen LogP contribution in [0.5, 0.6) is 0 Å². The summed E-state index contributed by atoms with van der Waals surface area (Å²) < 4.78 is 27.7. The molecular weight excluding hydrogens is 1800 g/mol. The molecule has 0 spiro atoms. The number of aromatic nitrogens is 20. The van der Waals surface area contributed by atoms with Crippen molar-refractivity contribution in [2.45, 2.75) is 48.0 Å². The smallest absolute Gasteiger partial charge is 0.373 e. The van der Waals surface area contributed by atoms with E-state index in [9.17, 15) is 78.1 Å². The van der Waals surface area contributed by atoms with E-state index < -0.39 is 61.0 Å². The van der Waals surface area contributed by atoms with Crippen molar-refractivity contribution in [1.29, 1.82) is 0 Å². The lowest BCUT2D eigenvalue weighted by molar-refractivity contribution is -0.390. The summed E-state index contributed by atoms with van der Waals surface area (Å²) in [4.78, 5) is 167. The van der Waals surface area contributed by atoms with Gasteiger partial charge in [0, 0.05) is 31.0 Å². The maximum atomic E-state index is 11.5. The summed E-state index contributed by atoms with van der Waals surface area (Å²) in [5.74, 6) is -3.62. The zero-order valence-electron chi connectivity index (χ0n) is 58.9. The number of nitrogens with two attached hydrogens (primary N) is 4. The average Bonchev–Trinajstić information content (AvgIpc) is 1.64. The van der Waals surface area contributed by atoms with Crippen molar-refractivity contribution < 1.29 is 81.5 Å². The van der Waals surface area contributed by atoms with E-state index in [-0.39, 0.29) is 107 Å². The van der Waals surface area contributed by atoms with Gasteiger partial charge in [-0.05, 0) is 141 Å². The summed E-state index contributed by atoms with van der Waals surface area (Å²) in [5, 5.41) is 76.4. The highest BCUT2D eigenvalue weighted by atomic mass is 36.0. The van der Waals surface area contributed by atoms with Crippen LogP contribution in [0.4, 0.5) is 34.6 Å². The molecular formula is C54H63Cl5N29O22P7. The third-order valence-electron chi connectivity index (χ3n) is 13.1. The molecule has 12 rings (SSSR count). The number of carbonyl (C=O) groups is 7. The number of rotatable bonds is 16. The van der Waals surface area contributed by atoms with Gasteiger partial charge in [-0.15, -0.1) is 30.6 Å². The summed E-state index contributed by atoms with van der Waals surface area (Å²) in [6.07, 6.45) is 14.0. The molecule has 5 amide bonds. The first kappa shape index (κ1) is 103. The lowest BCUT2D eigenvalue weighted by Gasteiger charge is -2.01. The number of halogens is 5. The third kappa shape index (κ3) is 30.4. The van der Waals surface area contributed by atoms with Crippen LogP contribution < -0.4 is 44.7 Å². The number of nitrogens with one attached hydrogen (secondary N) is 6. The highest BCUT2D eigenvalue weighted by Crippen LogP contribution is 2.61. The Balaban J connectivity index is 0.000000657. The van der Waals surface area contributed by atoms with Crippen LogP contribution in [-0.4, -0.2) is 180 Å². The fraction of sp³-hybridized carbons (Fsp3) is 0.167. The van der Waals surface area contributed by atoms with Gasteiger partial charge in [-0.2, -0.15) is 19.2 Å². The van der Waals surface area contributed by atoms with Crippen LogP contribution in [0.2, 0.25) is 10.3 Å². The largest absolute Gasteiger partial charge is 0.462 e. The molecule has 0 aliphatic heterocycles. The van der Waals surface area contributed by atoms with E-state index >= 15 is 0 Å². The van der Waals surface area contributed by atoms with Gasteiger partial charge in [0.05, 0.1) is 76.1 Å². The number of amides is 5. The quantitative estimate of drug-likeness (QED) is 0.0187. The number of hydrogen-bond acceptors (Lipinski definition) is 33. The second kappa shape index (κ2) is 50.6. The zero-order chi connectivity index (χ0) is 88.2. The number of aromatic amines is 4. The fourth-order valence-electron chi connectivity index (χ4n) is 8.61. The van der Waals surface area contributed by atoms with Crippen molar-refractivity contribution in [2.75, 3.05) is 29.6 Å². The standard InChI is InChI=1S/C9H13N2O4P.C9H12N2O4.C6H6N5O2P.C6H7N4O4P.C6H9N4O2P.C5H4ClN4P.C5H3ClN4.C5H5N4OP.2CO2.CH4.Cl3OP/c1-3-6-7(9(12)15-4-2)5-10(16)8(6)11(13)14;1-3-6-7(9(12)15-4-2)5-10-8(6)11(13)14;7-4(12)2-1-11(14)5-3(2)6(13)9-10-8-5;7-5(12)3-1-9(15)6(10(13)14)4(3)8-2-11;7-5-4(9-2-11)3(6(8)12)1-10(5)13;6-4-3-1-2-10(11)5(3)8-9-7-4;6-4-3-1-2-7-5(3)9-10-8-4;10-5-3-1-2-9(11)4(3)6-8-7-5;2*2-1-3;;1-5(2,3)4/h5H,3-4,16H2,1-2H3;5,10H,3-4H2,1-2H3;1H,14H2,(H2,7,12)(H,8,9,13);1-2H,15H2,(H2,7,12)(H,8,11);1-2H,7,13H2,(H2,8,12)(H,9,11);1-2H,11H2;1-2H,(H,7,8,9);1-2H,11H2,(H,6,7,10);;;1H4;. The number of anilines is 3. The number of ether oxygens (including phenoxy) is 2. The Morgan fingerprint density at radius 3 is 1.45 bits per heavy atom. The third-order valence-corrected chi connectivity index (χ3v) is 16.1. The maximum absolute atomic E-state index is 11.5. The zero-order valence-corrected chi connectivity index (χ0v) is 70.5. The summed E-state index contributed by atoms with van der Waals surface area (Å²) in [5.41, 5.74) is 23.7. The Hall–Kier alpha value is -11.8. The summed E-state index contributed by atoms with van der Waals surface area (Å²) in [6.45, 7) is 7.38. The number of primary amides is 3. The highest BCUT2D eigenvalue weighted by Gasteiger charge is 2.29. The van der Waals surface area contributed by atoms with Crippen LogP contribution in [0.3, 0.4) is 0 Å². The SMILES string of the molecule is C.CCOC(=O)c1c[nH]c([N+](=O)[O-])c1CC.CCOC(=O)c1cn(P)c([N+](=O)[O-])c1CC.Clc1nnnc2[nH]ccc12.NC(=O)c1cn(P)c(N)c1NC=O.NC(=O)c1cn(P)c([N+](=O)[O-])c1NC=O.NC(=O)c1cn(P)c2nn[nH]c(=O)c12.O=C=O.O=C=O.O=P(Cl)(Cl)Cl.O=c1[nH]nnc2c1ccn2P.Pn1ccc2c(Cl)nnnc21. The molecule has 0 saturated heterocycles. The molecule has 0 radical (unpaired) electrons. The van der Waals surface area contributed by atoms with Crippen LogP contribution in [0.25, 0.3) is 44.1 Å². The van der Waals surface area contributed by atoms with Gasteiger partial charge < -0.3 is 95.7 Å². The molecule has 0 bridgehead atoms. The van der Waals surface area contributed by atoms with E-state index in [1.165, 1.54) is 37.8 Å². The maximum Gasteiger partial charge on any atom is 0.373 e. The van der Waals surface area contributed by atoms with Gasteiger partial charge in [0.25, 0.3) is 28.8 Å². The predicted molar refractivity (Wildman–Crippen MR) is 440 cm³/mol. The van der Waals surface area contributed by atoms with E-state index in [1.54, 1.807) is 60.9 Å². The number of esters is 2. The van der Waals surface area contributed by atoms with Crippen molar-refractivity contribution in [3.63, 3.8) is 0 Å². The minimum atomic E-state index is -3.22. The van der Waals surface area contributed by atoms with Gasteiger partial charge in [0.15, 0.2) is 38.6 Å². The predicted octanol–water partition coefficient (Wildman–Crippen LogP) is 5.53. The Morgan fingerprint density at radius 2 is 0.991 bits per heavy atom. The highest BCUT2D eigenvalue weighted by molar-refractivity contribution is 8.24. The molecule has 0 aromatic carbocycles. The Labute approximate surface area is 690 Å². The van der Waals surface area contributed by atoms with E-state index in [2.05, 4.69) is 163 Å². The molecule has 0 fully saturated rings. The number of carbonyl (C=O) groups excluding carboxylic acids is 11. The van der Waals surface area contributed by atoms with Gasteiger partial charge in [-0.3, -0.25) is 38.1 Å². The monoisotopic (exact) mass is 1860 g/mol. The van der Waals surface area contributed by atoms with Crippen molar-refractivity contribution in [2.24, 2.45) is 17.2 Å². The lowest BCUT2D eigenvalue weighted by atomic mass is 10.1. The normalized spacial score (nSPS) is 9.80. The number of H-pyrrole nitrogens is 4. The number of hydrogen-bond donors (Lipinski definition) is 10. The first-order valence-corrected chi connectivity index (χ1v) is 38.4. The van der Waals surface area contributed by atoms with E-state index in [4.69, 9.17) is 74.8 Å². The van der Waals surface area contributed by atoms with Crippen molar-refractivity contribution >= 4 is 252 Å². The van der Waals surface area contributed by atoms with Gasteiger partial charge in [0.2, 0.25) is 12.8 Å². The van der Waals surface area contributed by atoms with E-state index in [0.29, 0.717) is 63.0 Å². The van der Waals surface area contributed by atoms with Crippen LogP contribution in [0, 0.1) is 30.3 Å². The fourth-order valence-corrected chi connectivity index (χ4v) is 10.9. The summed E-state index contributed by atoms with van der Waals surface area (Å²) >= 11 is 25.2. The first-order valence-electron chi connectivity index (χ1n) is 30.1. The molecule has 12 aromatic rings. The number of nitrogen functional groups attached to an aromatic ring is 1. The number of nitro groups is 3. The van der Waals surface area contributed by atoms with E-state index in [0.717, 1.165) is 27.0 Å². The van der Waals surface area contributed by atoms with E-state index in [1.807, 2.05) is 21.7 Å². The molecule has 14 N–H and O–H groups in total. The molecule has 6 unspecified atom stereocenters. The Bertz CT molecular complexity index is 5750. The van der Waals surface area contributed by atoms with Gasteiger partial charge in [-0.25, -0.2) is 33.4 Å². The molecule has 51 nitrogen and oxygen atoms in total. The van der Waals surface area contributed by atoms with Gasteiger partial charge in [0.1, 0.15) is 46.5 Å².